The van der Waals surface area contributed by atoms with Crippen molar-refractivity contribution in [1.82, 2.24) is 10.2 Å². The Morgan fingerprint density at radius 2 is 1.89 bits per heavy atom. The number of nitrogens with one attached hydrogen (secondary N) is 1. The maximum atomic E-state index is 6.25. The van der Waals surface area contributed by atoms with Crippen LogP contribution in [0.25, 0.3) is 0 Å². The fourth-order valence-corrected chi connectivity index (χ4v) is 3.17. The van der Waals surface area contributed by atoms with Gasteiger partial charge >= 0.3 is 0 Å². The van der Waals surface area contributed by atoms with Crippen LogP contribution in [0.4, 0.5) is 0 Å². The Morgan fingerprint density at radius 3 is 2.57 bits per heavy atom. The smallest absolute Gasteiger partial charge is 0.120 e. The van der Waals surface area contributed by atoms with Crippen LogP contribution in [0.1, 0.15) is 36.1 Å². The second kappa shape index (κ2) is 12.1. The molecule has 2 aromatic carbocycles. The van der Waals surface area contributed by atoms with Crippen LogP contribution in [0, 0.1) is 0 Å². The van der Waals surface area contributed by atoms with Crippen LogP contribution < -0.4 is 10.1 Å². The minimum atomic E-state index is -0.163. The molecule has 0 radical (unpaired) electrons. The number of halogens is 1. The van der Waals surface area contributed by atoms with Gasteiger partial charge in [0.1, 0.15) is 18.5 Å². The van der Waals surface area contributed by atoms with Crippen LogP contribution >= 0.6 is 11.6 Å². The van der Waals surface area contributed by atoms with Crippen LogP contribution in [0.2, 0.25) is 5.02 Å². The van der Waals surface area contributed by atoms with E-state index in [1.54, 1.807) is 0 Å². The average molecular weight is 405 g/mol. The molecule has 0 aromatic heterocycles. The van der Waals surface area contributed by atoms with Gasteiger partial charge in [-0.2, -0.15) is 0 Å². The lowest BCUT2D eigenvalue weighted by molar-refractivity contribution is 0.0804. The summed E-state index contributed by atoms with van der Waals surface area (Å²) in [5, 5.41) is 3.94. The van der Waals surface area contributed by atoms with Gasteiger partial charge in [0.2, 0.25) is 0 Å². The van der Waals surface area contributed by atoms with Crippen LogP contribution in [0.15, 0.2) is 42.5 Å². The number of likely N-dealkylation sites (N-methyl/N-ethyl adjacent to an activating group) is 2. The van der Waals surface area contributed by atoms with Crippen molar-refractivity contribution in [1.29, 1.82) is 0 Å². The van der Waals surface area contributed by atoms with Gasteiger partial charge in [-0.25, -0.2) is 0 Å². The molecule has 1 unspecified atom stereocenters. The summed E-state index contributed by atoms with van der Waals surface area (Å²) in [7, 11) is 6.06. The van der Waals surface area contributed by atoms with E-state index in [1.807, 2.05) is 39.3 Å². The number of hydrogen-bond donors (Lipinski definition) is 1. The average Bonchev–Trinajstić information content (AvgIpc) is 2.66. The predicted molar refractivity (Wildman–Crippen MR) is 118 cm³/mol. The molecule has 1 atom stereocenters. The van der Waals surface area contributed by atoms with Crippen molar-refractivity contribution >= 4 is 11.6 Å². The zero-order valence-electron chi connectivity index (χ0n) is 17.5. The second-order valence-electron chi connectivity index (χ2n) is 7.22. The first-order valence-corrected chi connectivity index (χ1v) is 10.3. The standard InChI is InChI=1S/C23H33ClN2O2/c1-5-12-28-23(19-7-6-8-21(24)16-19)20-14-18(9-10-25-2)15-22(17-20)27-13-11-26(3)4/h6-8,14-17,23,25H,5,9-13H2,1-4H3. The van der Waals surface area contributed by atoms with Gasteiger partial charge in [0.05, 0.1) is 0 Å². The maximum Gasteiger partial charge on any atom is 0.120 e. The lowest BCUT2D eigenvalue weighted by atomic mass is 9.98. The van der Waals surface area contributed by atoms with E-state index in [9.17, 15) is 0 Å². The molecule has 0 aliphatic rings. The van der Waals surface area contributed by atoms with Crippen molar-refractivity contribution in [2.24, 2.45) is 0 Å². The van der Waals surface area contributed by atoms with E-state index in [0.29, 0.717) is 13.2 Å². The second-order valence-corrected chi connectivity index (χ2v) is 7.66. The molecule has 28 heavy (non-hydrogen) atoms. The number of rotatable bonds is 12. The van der Waals surface area contributed by atoms with Gasteiger partial charge in [-0.1, -0.05) is 36.7 Å². The predicted octanol–water partition coefficient (Wildman–Crippen LogP) is 4.56. The SMILES string of the molecule is CCCOC(c1cccc(Cl)c1)c1cc(CCNC)cc(OCCN(C)C)c1. The third kappa shape index (κ3) is 7.44. The first-order chi connectivity index (χ1) is 13.5. The van der Waals surface area contributed by atoms with E-state index in [1.165, 1.54) is 5.56 Å². The van der Waals surface area contributed by atoms with E-state index in [-0.39, 0.29) is 6.10 Å². The summed E-state index contributed by atoms with van der Waals surface area (Å²) < 4.78 is 12.3. The fraction of sp³-hybridized carbons (Fsp3) is 0.478. The number of nitrogens with zero attached hydrogens (tertiary/aromatic N) is 1. The molecular formula is C23H33ClN2O2. The maximum absolute atomic E-state index is 6.25. The van der Waals surface area contributed by atoms with Gasteiger partial charge in [-0.15, -0.1) is 0 Å². The summed E-state index contributed by atoms with van der Waals surface area (Å²) in [6.45, 7) is 5.25. The Hall–Kier alpha value is -1.59. The molecular weight excluding hydrogens is 372 g/mol. The first-order valence-electron chi connectivity index (χ1n) is 9.96. The summed E-state index contributed by atoms with van der Waals surface area (Å²) >= 11 is 6.25. The van der Waals surface area contributed by atoms with Crippen molar-refractivity contribution in [3.63, 3.8) is 0 Å². The lowest BCUT2D eigenvalue weighted by Crippen LogP contribution is -2.19. The highest BCUT2D eigenvalue weighted by Crippen LogP contribution is 2.31. The number of ether oxygens (including phenoxy) is 2. The molecule has 0 saturated carbocycles. The van der Waals surface area contributed by atoms with E-state index in [2.05, 4.69) is 41.4 Å². The van der Waals surface area contributed by atoms with Gasteiger partial charge in [-0.05, 0) is 81.5 Å². The van der Waals surface area contributed by atoms with Crippen LogP contribution in [0.3, 0.4) is 0 Å². The zero-order valence-corrected chi connectivity index (χ0v) is 18.3. The Balaban J connectivity index is 2.35. The Labute approximate surface area is 174 Å². The summed E-state index contributed by atoms with van der Waals surface area (Å²) in [5.74, 6) is 0.887. The van der Waals surface area contributed by atoms with E-state index in [0.717, 1.165) is 47.8 Å². The molecule has 1 N–H and O–H groups in total. The van der Waals surface area contributed by atoms with E-state index >= 15 is 0 Å². The molecule has 0 spiro atoms. The molecule has 0 heterocycles. The number of benzene rings is 2. The largest absolute Gasteiger partial charge is 0.492 e. The molecule has 2 rings (SSSR count). The molecule has 4 nitrogen and oxygen atoms in total. The Bertz CT molecular complexity index is 721. The minimum Gasteiger partial charge on any atom is -0.492 e. The highest BCUT2D eigenvalue weighted by Gasteiger charge is 2.17. The fourth-order valence-electron chi connectivity index (χ4n) is 2.97. The highest BCUT2D eigenvalue weighted by molar-refractivity contribution is 6.30. The topological polar surface area (TPSA) is 33.7 Å². The van der Waals surface area contributed by atoms with Crippen LogP contribution in [0.5, 0.6) is 5.75 Å². The van der Waals surface area contributed by atoms with E-state index in [4.69, 9.17) is 21.1 Å². The van der Waals surface area contributed by atoms with Crippen LogP contribution in [-0.2, 0) is 11.2 Å². The summed E-state index contributed by atoms with van der Waals surface area (Å²) in [6.07, 6.45) is 1.73. The third-order valence-electron chi connectivity index (χ3n) is 4.40. The Kier molecular flexibility index (Phi) is 9.79. The monoisotopic (exact) mass is 404 g/mol. The van der Waals surface area contributed by atoms with Crippen molar-refractivity contribution in [3.8, 4) is 5.75 Å². The molecule has 5 heteroatoms. The molecule has 154 valence electrons. The van der Waals surface area contributed by atoms with Gasteiger partial charge < -0.3 is 19.7 Å². The normalized spacial score (nSPS) is 12.4. The third-order valence-corrected chi connectivity index (χ3v) is 4.64. The molecule has 0 fully saturated rings. The molecule has 0 saturated heterocycles. The molecule has 0 amide bonds. The first kappa shape index (κ1) is 22.7. The summed E-state index contributed by atoms with van der Waals surface area (Å²) in [5.41, 5.74) is 3.40. The summed E-state index contributed by atoms with van der Waals surface area (Å²) in [6, 6.07) is 14.4. The molecule has 2 aromatic rings. The van der Waals surface area contributed by atoms with Crippen molar-refractivity contribution in [2.45, 2.75) is 25.9 Å². The van der Waals surface area contributed by atoms with Gasteiger partial charge in [-0.3, -0.25) is 0 Å². The molecule has 0 bridgehead atoms. The van der Waals surface area contributed by atoms with Crippen molar-refractivity contribution < 1.29 is 9.47 Å². The quantitative estimate of drug-likeness (QED) is 0.562. The highest BCUT2D eigenvalue weighted by atomic mass is 35.5. The van der Waals surface area contributed by atoms with Gasteiger partial charge in [0.15, 0.2) is 0 Å². The van der Waals surface area contributed by atoms with Crippen molar-refractivity contribution in [3.05, 3.63) is 64.2 Å². The zero-order chi connectivity index (χ0) is 20.4. The molecule has 0 aliphatic carbocycles. The Morgan fingerprint density at radius 1 is 1.07 bits per heavy atom. The minimum absolute atomic E-state index is 0.163. The van der Waals surface area contributed by atoms with Crippen molar-refractivity contribution in [2.75, 3.05) is 47.4 Å². The van der Waals surface area contributed by atoms with E-state index < -0.39 is 0 Å². The lowest BCUT2D eigenvalue weighted by Gasteiger charge is -2.21. The van der Waals surface area contributed by atoms with Crippen LogP contribution in [-0.4, -0.2) is 52.3 Å². The number of hydrogen-bond acceptors (Lipinski definition) is 4. The molecule has 0 aliphatic heterocycles. The summed E-state index contributed by atoms with van der Waals surface area (Å²) in [4.78, 5) is 2.12. The van der Waals surface area contributed by atoms with Gasteiger partial charge in [0.25, 0.3) is 0 Å². The van der Waals surface area contributed by atoms with Gasteiger partial charge in [0, 0.05) is 18.2 Å².